The van der Waals surface area contributed by atoms with Crippen LogP contribution in [-0.2, 0) is 16.0 Å². The molecule has 0 saturated heterocycles. The molecule has 0 radical (unpaired) electrons. The van der Waals surface area contributed by atoms with E-state index in [1.807, 2.05) is 16.8 Å². The van der Waals surface area contributed by atoms with Crippen molar-refractivity contribution in [3.63, 3.8) is 0 Å². The molecule has 2 aliphatic rings. The van der Waals surface area contributed by atoms with Crippen molar-refractivity contribution >= 4 is 28.8 Å². The number of fused-ring (bicyclic) bond motifs is 1. The number of carbonyl (C=O) groups excluding carboxylic acids is 2. The number of hydrogen-bond donors (Lipinski definition) is 1. The van der Waals surface area contributed by atoms with Gasteiger partial charge in [0.2, 0.25) is 18.6 Å². The maximum atomic E-state index is 13.8. The Morgan fingerprint density at radius 2 is 1.80 bits per heavy atom. The molecular formula is C27H27FN2O4S. The molecule has 2 amide bonds. The minimum absolute atomic E-state index is 0.0600. The van der Waals surface area contributed by atoms with Crippen LogP contribution in [0, 0.1) is 5.82 Å². The third-order valence-electron chi connectivity index (χ3n) is 6.48. The topological polar surface area (TPSA) is 67.9 Å². The highest BCUT2D eigenvalue weighted by Gasteiger charge is 2.35. The zero-order valence-corrected chi connectivity index (χ0v) is 20.1. The Hall–Kier alpha value is -3.39. The second-order valence-corrected chi connectivity index (χ2v) is 9.69. The van der Waals surface area contributed by atoms with E-state index < -0.39 is 11.9 Å². The fourth-order valence-corrected chi connectivity index (χ4v) is 5.38. The number of rotatable bonds is 7. The molecule has 0 bridgehead atoms. The summed E-state index contributed by atoms with van der Waals surface area (Å²) in [6, 6.07) is 12.0. The van der Waals surface area contributed by atoms with E-state index >= 15 is 0 Å². The number of amides is 2. The number of halogens is 1. The van der Waals surface area contributed by atoms with Crippen LogP contribution >= 0.6 is 11.3 Å². The lowest BCUT2D eigenvalue weighted by molar-refractivity contribution is -0.127. The van der Waals surface area contributed by atoms with Crippen LogP contribution in [0.5, 0.6) is 11.5 Å². The maximum Gasteiger partial charge on any atom is 0.248 e. The number of hydrogen-bond acceptors (Lipinski definition) is 5. The first-order valence-corrected chi connectivity index (χ1v) is 12.8. The van der Waals surface area contributed by atoms with E-state index in [4.69, 9.17) is 9.47 Å². The van der Waals surface area contributed by atoms with E-state index in [1.165, 1.54) is 28.4 Å². The van der Waals surface area contributed by atoms with E-state index in [9.17, 15) is 14.0 Å². The Bertz CT molecular complexity index is 1180. The van der Waals surface area contributed by atoms with Gasteiger partial charge in [0.25, 0.3) is 0 Å². The largest absolute Gasteiger partial charge is 0.454 e. The quantitative estimate of drug-likeness (QED) is 0.479. The van der Waals surface area contributed by atoms with Crippen molar-refractivity contribution < 1.29 is 23.5 Å². The van der Waals surface area contributed by atoms with Gasteiger partial charge in [-0.1, -0.05) is 31.4 Å². The fraction of sp³-hybridized carbons (Fsp3) is 0.333. The molecule has 1 aliphatic carbocycles. The van der Waals surface area contributed by atoms with Crippen LogP contribution in [0.25, 0.3) is 0 Å². The van der Waals surface area contributed by atoms with Crippen LogP contribution in [0.3, 0.4) is 0 Å². The van der Waals surface area contributed by atoms with Crippen molar-refractivity contribution in [1.82, 2.24) is 5.32 Å². The molecule has 0 unspecified atom stereocenters. The summed E-state index contributed by atoms with van der Waals surface area (Å²) in [5.41, 5.74) is 1.93. The van der Waals surface area contributed by atoms with Gasteiger partial charge >= 0.3 is 0 Å². The Morgan fingerprint density at radius 1 is 1.03 bits per heavy atom. The monoisotopic (exact) mass is 494 g/mol. The van der Waals surface area contributed by atoms with Gasteiger partial charge in [-0.15, -0.1) is 0 Å². The Morgan fingerprint density at radius 3 is 2.54 bits per heavy atom. The lowest BCUT2D eigenvalue weighted by atomic mass is 9.94. The van der Waals surface area contributed by atoms with E-state index in [-0.39, 0.29) is 31.1 Å². The molecule has 35 heavy (non-hydrogen) atoms. The second-order valence-electron chi connectivity index (χ2n) is 8.91. The zero-order chi connectivity index (χ0) is 24.2. The number of benzene rings is 2. The molecule has 2 aromatic carbocycles. The van der Waals surface area contributed by atoms with Crippen molar-refractivity contribution in [2.24, 2.45) is 0 Å². The van der Waals surface area contributed by atoms with Gasteiger partial charge in [-0.2, -0.15) is 11.3 Å². The molecule has 8 heteroatoms. The normalized spacial score (nSPS) is 16.0. The third kappa shape index (κ3) is 5.32. The molecule has 2 heterocycles. The standard InChI is InChI=1S/C27H27FN2O4S/c28-20-8-6-19(7-9-20)26(27(32)29-21-4-2-1-3-5-21)30(25(31)14-18-12-13-35-16-18)22-10-11-23-24(15-22)34-17-33-23/h6-13,15-16,21,26H,1-5,14,17H2,(H,29,32)/t26-/m0/s1. The highest BCUT2D eigenvalue weighted by Crippen LogP contribution is 2.38. The summed E-state index contributed by atoms with van der Waals surface area (Å²) in [5.74, 6) is 0.181. The average molecular weight is 495 g/mol. The van der Waals surface area contributed by atoms with Gasteiger partial charge in [0.15, 0.2) is 11.5 Å². The zero-order valence-electron chi connectivity index (χ0n) is 19.2. The molecule has 6 nitrogen and oxygen atoms in total. The minimum Gasteiger partial charge on any atom is -0.454 e. The summed E-state index contributed by atoms with van der Waals surface area (Å²) in [6.45, 7) is 0.102. The summed E-state index contributed by atoms with van der Waals surface area (Å²) in [4.78, 5) is 29.1. The molecular weight excluding hydrogens is 467 g/mol. The first-order valence-electron chi connectivity index (χ1n) is 11.9. The highest BCUT2D eigenvalue weighted by molar-refractivity contribution is 7.08. The summed E-state index contributed by atoms with van der Waals surface area (Å²) in [5, 5.41) is 7.01. The first-order chi connectivity index (χ1) is 17.1. The maximum absolute atomic E-state index is 13.8. The van der Waals surface area contributed by atoms with E-state index in [0.29, 0.717) is 22.7 Å². The molecule has 1 N–H and O–H groups in total. The van der Waals surface area contributed by atoms with Crippen LogP contribution in [0.4, 0.5) is 10.1 Å². The predicted octanol–water partition coefficient (Wildman–Crippen LogP) is 5.38. The number of nitrogens with zero attached hydrogens (tertiary/aromatic N) is 1. The Labute approximate surface area is 207 Å². The van der Waals surface area contributed by atoms with E-state index in [2.05, 4.69) is 5.32 Å². The predicted molar refractivity (Wildman–Crippen MR) is 132 cm³/mol. The van der Waals surface area contributed by atoms with Gasteiger partial charge in [0, 0.05) is 17.8 Å². The highest BCUT2D eigenvalue weighted by atomic mass is 32.1. The van der Waals surface area contributed by atoms with Gasteiger partial charge < -0.3 is 14.8 Å². The minimum atomic E-state index is -0.968. The smallest absolute Gasteiger partial charge is 0.248 e. The molecule has 3 aromatic rings. The summed E-state index contributed by atoms with van der Waals surface area (Å²) < 4.78 is 24.8. The molecule has 5 rings (SSSR count). The summed E-state index contributed by atoms with van der Waals surface area (Å²) in [7, 11) is 0. The van der Waals surface area contributed by atoms with Crippen molar-refractivity contribution in [3.8, 4) is 11.5 Å². The number of nitrogens with one attached hydrogen (secondary N) is 1. The van der Waals surface area contributed by atoms with Gasteiger partial charge in [-0.3, -0.25) is 14.5 Å². The molecule has 1 fully saturated rings. The molecule has 1 saturated carbocycles. The number of anilines is 1. The molecule has 1 aliphatic heterocycles. The van der Waals surface area contributed by atoms with Crippen molar-refractivity contribution in [3.05, 3.63) is 76.2 Å². The van der Waals surface area contributed by atoms with Crippen LogP contribution in [-0.4, -0.2) is 24.6 Å². The average Bonchev–Trinajstić information content (AvgIpc) is 3.55. The van der Waals surface area contributed by atoms with Gasteiger partial charge in [-0.05, 0) is 65.1 Å². The lowest BCUT2D eigenvalue weighted by Crippen LogP contribution is -2.47. The van der Waals surface area contributed by atoms with Gasteiger partial charge in [-0.25, -0.2) is 4.39 Å². The van der Waals surface area contributed by atoms with Gasteiger partial charge in [0.1, 0.15) is 11.9 Å². The molecule has 0 spiro atoms. The summed E-state index contributed by atoms with van der Waals surface area (Å²) >= 11 is 1.51. The SMILES string of the molecule is O=C(NC1CCCCC1)[C@H](c1ccc(F)cc1)N(C(=O)Cc1ccsc1)c1ccc2c(c1)OCO2. The van der Waals surface area contributed by atoms with E-state index in [1.54, 1.807) is 30.3 Å². The first kappa shape index (κ1) is 23.4. The third-order valence-corrected chi connectivity index (χ3v) is 7.21. The van der Waals surface area contributed by atoms with E-state index in [0.717, 1.165) is 37.7 Å². The Kier molecular flexibility index (Phi) is 6.99. The van der Waals surface area contributed by atoms with Crippen LogP contribution < -0.4 is 19.7 Å². The van der Waals surface area contributed by atoms with Crippen LogP contribution in [0.15, 0.2) is 59.3 Å². The summed E-state index contributed by atoms with van der Waals surface area (Å²) in [6.07, 6.45) is 5.25. The van der Waals surface area contributed by atoms with Crippen LogP contribution in [0.1, 0.15) is 49.3 Å². The Balaban J connectivity index is 1.55. The number of thiophene rings is 1. The van der Waals surface area contributed by atoms with Gasteiger partial charge in [0.05, 0.1) is 6.42 Å². The molecule has 182 valence electrons. The molecule has 1 aromatic heterocycles. The van der Waals surface area contributed by atoms with Crippen molar-refractivity contribution in [2.45, 2.75) is 50.6 Å². The number of carbonyl (C=O) groups is 2. The lowest BCUT2D eigenvalue weighted by Gasteiger charge is -2.33. The number of ether oxygens (including phenoxy) is 2. The fourth-order valence-electron chi connectivity index (χ4n) is 4.71. The van der Waals surface area contributed by atoms with Crippen molar-refractivity contribution in [2.75, 3.05) is 11.7 Å². The van der Waals surface area contributed by atoms with Crippen molar-refractivity contribution in [1.29, 1.82) is 0 Å². The molecule has 1 atom stereocenters. The second kappa shape index (κ2) is 10.5. The van der Waals surface area contributed by atoms with Crippen LogP contribution in [0.2, 0.25) is 0 Å².